The molecular formula is C17H14ClF3N6O3. The highest BCUT2D eigenvalue weighted by Gasteiger charge is 2.44. The first-order valence-electron chi connectivity index (χ1n) is 8.41. The Morgan fingerprint density at radius 3 is 2.63 bits per heavy atom. The summed E-state index contributed by atoms with van der Waals surface area (Å²) >= 11 is 6.09. The molecule has 0 fully saturated rings. The summed E-state index contributed by atoms with van der Waals surface area (Å²) in [6.07, 6.45) is -2.15. The van der Waals surface area contributed by atoms with E-state index in [0.29, 0.717) is 21.9 Å². The summed E-state index contributed by atoms with van der Waals surface area (Å²) in [5.74, 6) is -0.721. The largest absolute Gasteiger partial charge is 0.442 e. The number of nitrogens with zero attached hydrogens (tertiary/aromatic N) is 5. The smallest absolute Gasteiger partial charge is 0.322 e. The molecule has 13 heteroatoms. The minimum atomic E-state index is -5.02. The molecule has 0 bridgehead atoms. The summed E-state index contributed by atoms with van der Waals surface area (Å²) in [7, 11) is 0. The van der Waals surface area contributed by atoms with Crippen molar-refractivity contribution in [2.45, 2.75) is 26.2 Å². The Labute approximate surface area is 172 Å². The molecule has 158 valence electrons. The fourth-order valence-electron chi connectivity index (χ4n) is 2.75. The Balaban J connectivity index is 1.72. The van der Waals surface area contributed by atoms with Crippen LogP contribution in [0.3, 0.4) is 0 Å². The Morgan fingerprint density at radius 1 is 1.33 bits per heavy atom. The van der Waals surface area contributed by atoms with Crippen LogP contribution in [0.5, 0.6) is 0 Å². The van der Waals surface area contributed by atoms with Gasteiger partial charge in [0, 0.05) is 11.2 Å². The molecule has 0 unspecified atom stereocenters. The molecule has 0 radical (unpaired) electrons. The van der Waals surface area contributed by atoms with Gasteiger partial charge in [0.15, 0.2) is 0 Å². The highest BCUT2D eigenvalue weighted by atomic mass is 35.5. The number of hydrogen-bond donors (Lipinski definition) is 1. The SMILES string of the molecule is Cc1c([N+](=O)[O-])c(C(F)(F)F)nn1CC(=O)Nc1cnn(Cc2ccccc2Cl)c1. The third-order valence-corrected chi connectivity index (χ3v) is 4.50. The summed E-state index contributed by atoms with van der Waals surface area (Å²) in [5.41, 5.74) is -2.10. The molecular weight excluding hydrogens is 429 g/mol. The number of nitrogens with one attached hydrogen (secondary N) is 1. The van der Waals surface area contributed by atoms with E-state index in [1.807, 2.05) is 12.1 Å². The van der Waals surface area contributed by atoms with Gasteiger partial charge in [0.25, 0.3) is 0 Å². The first kappa shape index (κ1) is 21.3. The fourth-order valence-corrected chi connectivity index (χ4v) is 2.95. The average molecular weight is 443 g/mol. The van der Waals surface area contributed by atoms with Gasteiger partial charge in [-0.15, -0.1) is 0 Å². The van der Waals surface area contributed by atoms with E-state index in [1.165, 1.54) is 17.1 Å². The molecule has 0 saturated carbocycles. The number of carbonyl (C=O) groups excluding carboxylic acids is 1. The molecule has 0 aliphatic heterocycles. The van der Waals surface area contributed by atoms with Crippen LogP contribution in [0, 0.1) is 17.0 Å². The van der Waals surface area contributed by atoms with Crippen LogP contribution in [-0.2, 0) is 24.1 Å². The fraction of sp³-hybridized carbons (Fsp3) is 0.235. The van der Waals surface area contributed by atoms with Gasteiger partial charge in [-0.1, -0.05) is 29.8 Å². The summed E-state index contributed by atoms with van der Waals surface area (Å²) < 4.78 is 41.1. The third-order valence-electron chi connectivity index (χ3n) is 4.13. The minimum Gasteiger partial charge on any atom is -0.322 e. The van der Waals surface area contributed by atoms with E-state index >= 15 is 0 Å². The zero-order valence-electron chi connectivity index (χ0n) is 15.4. The van der Waals surface area contributed by atoms with Crippen LogP contribution in [-0.4, -0.2) is 30.4 Å². The van der Waals surface area contributed by atoms with Gasteiger partial charge in [-0.2, -0.15) is 23.4 Å². The summed E-state index contributed by atoms with van der Waals surface area (Å²) in [4.78, 5) is 22.0. The average Bonchev–Trinajstić information content (AvgIpc) is 3.21. The van der Waals surface area contributed by atoms with Gasteiger partial charge in [0.05, 0.1) is 23.4 Å². The number of alkyl halides is 3. The number of anilines is 1. The number of hydrogen-bond acceptors (Lipinski definition) is 5. The van der Waals surface area contributed by atoms with E-state index in [4.69, 9.17) is 11.6 Å². The van der Waals surface area contributed by atoms with Crippen molar-refractivity contribution in [1.29, 1.82) is 0 Å². The van der Waals surface area contributed by atoms with Gasteiger partial charge in [-0.25, -0.2) is 0 Å². The highest BCUT2D eigenvalue weighted by molar-refractivity contribution is 6.31. The van der Waals surface area contributed by atoms with E-state index in [0.717, 1.165) is 12.5 Å². The topological polar surface area (TPSA) is 108 Å². The van der Waals surface area contributed by atoms with E-state index < -0.39 is 34.9 Å². The Hall–Kier alpha value is -3.41. The first-order chi connectivity index (χ1) is 14.1. The lowest BCUT2D eigenvalue weighted by Crippen LogP contribution is -2.20. The van der Waals surface area contributed by atoms with Gasteiger partial charge in [-0.05, 0) is 18.6 Å². The number of rotatable bonds is 6. The van der Waals surface area contributed by atoms with Crippen LogP contribution in [0.4, 0.5) is 24.5 Å². The van der Waals surface area contributed by atoms with Crippen LogP contribution >= 0.6 is 11.6 Å². The predicted molar refractivity (Wildman–Crippen MR) is 100 cm³/mol. The van der Waals surface area contributed by atoms with Crippen molar-refractivity contribution in [3.63, 3.8) is 0 Å². The Bertz CT molecular complexity index is 1110. The van der Waals surface area contributed by atoms with Crippen LogP contribution in [0.25, 0.3) is 0 Å². The second-order valence-electron chi connectivity index (χ2n) is 6.26. The molecule has 9 nitrogen and oxygen atoms in total. The van der Waals surface area contributed by atoms with Crippen LogP contribution < -0.4 is 5.32 Å². The highest BCUT2D eigenvalue weighted by Crippen LogP contribution is 2.36. The van der Waals surface area contributed by atoms with Crippen molar-refractivity contribution in [1.82, 2.24) is 19.6 Å². The number of benzene rings is 1. The summed E-state index contributed by atoms with van der Waals surface area (Å²) in [5, 5.41) is 21.3. The molecule has 0 saturated heterocycles. The second-order valence-corrected chi connectivity index (χ2v) is 6.67. The standard InChI is InChI=1S/C17H14ClF3N6O3/c1-10-15(27(29)30)16(17(19,20)21)24-26(10)9-14(28)23-12-6-22-25(8-12)7-11-4-2-3-5-13(11)18/h2-6,8H,7,9H2,1H3,(H,23,28). The lowest BCUT2D eigenvalue weighted by atomic mass is 10.2. The molecule has 1 amide bonds. The molecule has 1 N–H and O–H groups in total. The van der Waals surface area contributed by atoms with Gasteiger partial charge in [0.1, 0.15) is 12.2 Å². The van der Waals surface area contributed by atoms with E-state index in [2.05, 4.69) is 15.5 Å². The van der Waals surface area contributed by atoms with Crippen molar-refractivity contribution in [3.8, 4) is 0 Å². The maximum Gasteiger partial charge on any atom is 0.442 e. The number of halogens is 4. The lowest BCUT2D eigenvalue weighted by Gasteiger charge is -2.05. The molecule has 2 heterocycles. The summed E-state index contributed by atoms with van der Waals surface area (Å²) in [6, 6.07) is 7.14. The number of nitro groups is 1. The zero-order valence-corrected chi connectivity index (χ0v) is 16.1. The van der Waals surface area contributed by atoms with E-state index in [-0.39, 0.29) is 5.69 Å². The van der Waals surface area contributed by atoms with Crippen LogP contribution in [0.15, 0.2) is 36.7 Å². The van der Waals surface area contributed by atoms with E-state index in [1.54, 1.807) is 12.1 Å². The first-order valence-corrected chi connectivity index (χ1v) is 8.78. The normalized spacial score (nSPS) is 11.5. The maximum absolute atomic E-state index is 13.0. The van der Waals surface area contributed by atoms with Crippen molar-refractivity contribution >= 4 is 28.9 Å². The second kappa shape index (κ2) is 8.14. The Kier molecular flexibility index (Phi) is 5.78. The number of aromatic nitrogens is 4. The predicted octanol–water partition coefficient (Wildman–Crippen LogP) is 3.66. The lowest BCUT2D eigenvalue weighted by molar-refractivity contribution is -0.388. The monoisotopic (exact) mass is 442 g/mol. The van der Waals surface area contributed by atoms with Crippen molar-refractivity contribution < 1.29 is 22.9 Å². The van der Waals surface area contributed by atoms with E-state index in [9.17, 15) is 28.1 Å². The number of amides is 1. The van der Waals surface area contributed by atoms with Crippen molar-refractivity contribution in [2.75, 3.05) is 5.32 Å². The quantitative estimate of drug-likeness (QED) is 0.463. The Morgan fingerprint density at radius 2 is 2.03 bits per heavy atom. The number of carbonyl (C=O) groups is 1. The minimum absolute atomic E-state index is 0.294. The molecule has 2 aromatic heterocycles. The molecule has 0 atom stereocenters. The summed E-state index contributed by atoms with van der Waals surface area (Å²) in [6.45, 7) is 0.794. The van der Waals surface area contributed by atoms with Gasteiger partial charge < -0.3 is 5.32 Å². The molecule has 0 aliphatic rings. The molecule has 0 aliphatic carbocycles. The van der Waals surface area contributed by atoms with Gasteiger partial charge in [0.2, 0.25) is 11.6 Å². The molecule has 3 rings (SSSR count). The molecule has 0 spiro atoms. The molecule has 30 heavy (non-hydrogen) atoms. The van der Waals surface area contributed by atoms with Crippen molar-refractivity contribution in [3.05, 3.63) is 68.7 Å². The van der Waals surface area contributed by atoms with Crippen LogP contribution in [0.2, 0.25) is 5.02 Å². The zero-order chi connectivity index (χ0) is 22.1. The van der Waals surface area contributed by atoms with Gasteiger partial charge in [-0.3, -0.25) is 24.3 Å². The molecule has 1 aromatic carbocycles. The van der Waals surface area contributed by atoms with Gasteiger partial charge >= 0.3 is 11.9 Å². The maximum atomic E-state index is 13.0. The van der Waals surface area contributed by atoms with Crippen molar-refractivity contribution in [2.24, 2.45) is 0 Å². The van der Waals surface area contributed by atoms with Crippen LogP contribution in [0.1, 0.15) is 17.0 Å². The third kappa shape index (κ3) is 4.59. The molecule has 3 aromatic rings.